The molecule has 5 rings (SSSR count). The van der Waals surface area contributed by atoms with E-state index in [4.69, 9.17) is 0 Å². The van der Waals surface area contributed by atoms with Gasteiger partial charge in [0.2, 0.25) is 10.0 Å². The molecule has 160 valence electrons. The van der Waals surface area contributed by atoms with Crippen LogP contribution in [0.2, 0.25) is 0 Å². The number of fused-ring (bicyclic) bond motifs is 2. The van der Waals surface area contributed by atoms with Crippen LogP contribution in [0.3, 0.4) is 0 Å². The monoisotopic (exact) mass is 459 g/mol. The fourth-order valence-electron chi connectivity index (χ4n) is 4.38. The number of benzene rings is 2. The first-order chi connectivity index (χ1) is 15.6. The molecule has 0 amide bonds. The fourth-order valence-corrected chi connectivity index (χ4v) is 7.30. The summed E-state index contributed by atoms with van der Waals surface area (Å²) in [5.74, 6) is 0. The number of rotatable bonds is 5. The maximum atomic E-state index is 13.6. The maximum absolute atomic E-state index is 13.6. The largest absolute Gasteiger partial charge is 0.264 e. The molecule has 2 aromatic carbocycles. The van der Waals surface area contributed by atoms with Gasteiger partial charge in [0.05, 0.1) is 16.5 Å². The number of aryl methyl sites for hydroxylation is 1. The molecule has 0 spiro atoms. The molecular weight excluding hydrogens is 438 g/mol. The first-order valence-corrected chi connectivity index (χ1v) is 12.8. The van der Waals surface area contributed by atoms with E-state index >= 15 is 0 Å². The zero-order valence-corrected chi connectivity index (χ0v) is 18.9. The molecule has 0 bridgehead atoms. The second kappa shape index (κ2) is 8.47. The molecule has 32 heavy (non-hydrogen) atoms. The normalized spacial score (nSPS) is 14.6. The van der Waals surface area contributed by atoms with Gasteiger partial charge in [0.15, 0.2) is 0 Å². The summed E-state index contributed by atoms with van der Waals surface area (Å²) in [7, 11) is -3.89. The fraction of sp³-hybridized carbons (Fsp3) is 0.200. The zero-order valence-electron chi connectivity index (χ0n) is 17.3. The van der Waals surface area contributed by atoms with Crippen LogP contribution in [0.25, 0.3) is 10.8 Å². The number of thiophene rings is 1. The van der Waals surface area contributed by atoms with Gasteiger partial charge in [-0.1, -0.05) is 42.5 Å². The van der Waals surface area contributed by atoms with Gasteiger partial charge in [-0.15, -0.1) is 11.3 Å². The Hall–Kier alpha value is -3.05. The van der Waals surface area contributed by atoms with Crippen LogP contribution < -0.4 is 4.72 Å². The lowest BCUT2D eigenvalue weighted by molar-refractivity contribution is 0.574. The van der Waals surface area contributed by atoms with E-state index in [1.807, 2.05) is 36.4 Å². The molecule has 2 heterocycles. The van der Waals surface area contributed by atoms with E-state index in [2.05, 4.69) is 15.8 Å². The number of hydrogen-bond donors (Lipinski definition) is 1. The van der Waals surface area contributed by atoms with E-state index in [1.54, 1.807) is 41.9 Å². The third kappa shape index (κ3) is 3.71. The molecule has 1 N–H and O–H groups in total. The van der Waals surface area contributed by atoms with E-state index in [1.165, 1.54) is 4.88 Å². The highest BCUT2D eigenvalue weighted by molar-refractivity contribution is 7.89. The van der Waals surface area contributed by atoms with Crippen LogP contribution in [0, 0.1) is 11.3 Å². The number of hydrogen-bond acceptors (Lipinski definition) is 5. The lowest BCUT2D eigenvalue weighted by Crippen LogP contribution is -2.29. The van der Waals surface area contributed by atoms with Crippen molar-refractivity contribution in [1.29, 1.82) is 5.26 Å². The Morgan fingerprint density at radius 2 is 1.84 bits per heavy atom. The number of sulfonamides is 1. The molecule has 1 aliphatic rings. The highest BCUT2D eigenvalue weighted by Gasteiger charge is 2.31. The highest BCUT2D eigenvalue weighted by atomic mass is 32.2. The van der Waals surface area contributed by atoms with E-state index in [0.717, 1.165) is 41.5 Å². The van der Waals surface area contributed by atoms with Gasteiger partial charge < -0.3 is 0 Å². The van der Waals surface area contributed by atoms with Crippen molar-refractivity contribution < 1.29 is 8.42 Å². The van der Waals surface area contributed by atoms with Crippen molar-refractivity contribution in [1.82, 2.24) is 9.71 Å². The summed E-state index contributed by atoms with van der Waals surface area (Å²) in [6.45, 7) is 0. The molecule has 7 heteroatoms. The second-order valence-corrected chi connectivity index (χ2v) is 10.7. The minimum Gasteiger partial charge on any atom is -0.264 e. The first-order valence-electron chi connectivity index (χ1n) is 10.5. The molecule has 4 aromatic rings. The summed E-state index contributed by atoms with van der Waals surface area (Å²) >= 11 is 1.55. The Bertz CT molecular complexity index is 1430. The molecule has 2 aromatic heterocycles. The van der Waals surface area contributed by atoms with Crippen molar-refractivity contribution in [3.05, 3.63) is 93.4 Å². The van der Waals surface area contributed by atoms with Crippen LogP contribution in [0.1, 0.15) is 45.3 Å². The third-order valence-electron chi connectivity index (χ3n) is 5.90. The van der Waals surface area contributed by atoms with Crippen LogP contribution in [-0.2, 0) is 22.9 Å². The molecule has 0 fully saturated rings. The number of aromatic nitrogens is 1. The van der Waals surface area contributed by atoms with Gasteiger partial charge >= 0.3 is 0 Å². The summed E-state index contributed by atoms with van der Waals surface area (Å²) in [4.78, 5) is 6.38. The summed E-state index contributed by atoms with van der Waals surface area (Å²) in [5.41, 5.74) is 2.41. The van der Waals surface area contributed by atoms with Gasteiger partial charge in [-0.05, 0) is 54.3 Å². The van der Waals surface area contributed by atoms with Gasteiger partial charge in [-0.2, -0.15) is 9.98 Å². The topological polar surface area (TPSA) is 82.9 Å². The molecule has 1 atom stereocenters. The van der Waals surface area contributed by atoms with Crippen LogP contribution in [0.15, 0.2) is 71.9 Å². The number of pyridine rings is 1. The Morgan fingerprint density at radius 3 is 2.66 bits per heavy atom. The van der Waals surface area contributed by atoms with Gasteiger partial charge in [-0.25, -0.2) is 8.42 Å². The number of nitriles is 1. The summed E-state index contributed by atoms with van der Waals surface area (Å²) in [6, 6.07) is 18.0. The molecule has 5 nitrogen and oxygen atoms in total. The van der Waals surface area contributed by atoms with Crippen molar-refractivity contribution in [2.24, 2.45) is 0 Å². The average molecular weight is 460 g/mol. The van der Waals surface area contributed by atoms with E-state index in [9.17, 15) is 13.7 Å². The molecule has 0 saturated heterocycles. The van der Waals surface area contributed by atoms with Gasteiger partial charge in [-0.3, -0.25) is 4.98 Å². The third-order valence-corrected chi connectivity index (χ3v) is 8.74. The Labute approximate surface area is 191 Å². The first kappa shape index (κ1) is 20.8. The Morgan fingerprint density at radius 1 is 1.03 bits per heavy atom. The van der Waals surface area contributed by atoms with Crippen LogP contribution in [0.4, 0.5) is 0 Å². The standard InChI is InChI=1S/C25H21N3O2S2/c26-15-21-20-11-3-4-12-22(20)31-25(21)24(18-9-6-14-27-16-18)28-32(29,30)23-13-5-8-17-7-1-2-10-19(17)23/h1-2,5-10,13-14,16,24,28H,3-4,11-12H2. The Balaban J connectivity index is 1.65. The molecule has 0 aliphatic heterocycles. The maximum Gasteiger partial charge on any atom is 0.242 e. The van der Waals surface area contributed by atoms with E-state index in [-0.39, 0.29) is 4.90 Å². The quantitative estimate of drug-likeness (QED) is 0.449. The van der Waals surface area contributed by atoms with Gasteiger partial charge in [0.25, 0.3) is 0 Å². The van der Waals surface area contributed by atoms with Gasteiger partial charge in [0, 0.05) is 27.5 Å². The molecular formula is C25H21N3O2S2. The summed E-state index contributed by atoms with van der Waals surface area (Å²) in [6.07, 6.45) is 7.27. The van der Waals surface area contributed by atoms with Crippen molar-refractivity contribution in [2.45, 2.75) is 36.6 Å². The average Bonchev–Trinajstić information content (AvgIpc) is 3.21. The van der Waals surface area contributed by atoms with Crippen LogP contribution in [0.5, 0.6) is 0 Å². The van der Waals surface area contributed by atoms with Crippen molar-refractivity contribution in [3.8, 4) is 6.07 Å². The van der Waals surface area contributed by atoms with E-state index < -0.39 is 16.1 Å². The lowest BCUT2D eigenvalue weighted by atomic mass is 9.93. The van der Waals surface area contributed by atoms with Crippen molar-refractivity contribution in [3.63, 3.8) is 0 Å². The minimum atomic E-state index is -3.89. The predicted octanol–water partition coefficient (Wildman–Crippen LogP) is 5.11. The summed E-state index contributed by atoms with van der Waals surface area (Å²) in [5, 5.41) is 11.5. The Kier molecular flexibility index (Phi) is 5.51. The number of nitrogens with zero attached hydrogens (tertiary/aromatic N) is 2. The lowest BCUT2D eigenvalue weighted by Gasteiger charge is -2.19. The molecule has 1 unspecified atom stereocenters. The van der Waals surface area contributed by atoms with Crippen molar-refractivity contribution in [2.75, 3.05) is 0 Å². The van der Waals surface area contributed by atoms with Crippen molar-refractivity contribution >= 4 is 32.1 Å². The predicted molar refractivity (Wildman–Crippen MR) is 126 cm³/mol. The second-order valence-electron chi connectivity index (χ2n) is 7.88. The SMILES string of the molecule is N#Cc1c(C(NS(=O)(=O)c2cccc3ccccc23)c2cccnc2)sc2c1CCCC2. The minimum absolute atomic E-state index is 0.226. The highest BCUT2D eigenvalue weighted by Crippen LogP contribution is 2.40. The molecule has 0 radical (unpaired) electrons. The summed E-state index contributed by atoms with van der Waals surface area (Å²) < 4.78 is 30.2. The zero-order chi connectivity index (χ0) is 22.1. The molecule has 0 saturated carbocycles. The van der Waals surface area contributed by atoms with Gasteiger partial charge in [0.1, 0.15) is 6.07 Å². The smallest absolute Gasteiger partial charge is 0.242 e. The van der Waals surface area contributed by atoms with Crippen LogP contribution >= 0.6 is 11.3 Å². The molecule has 1 aliphatic carbocycles. The van der Waals surface area contributed by atoms with E-state index in [0.29, 0.717) is 16.5 Å². The van der Waals surface area contributed by atoms with Crippen LogP contribution in [-0.4, -0.2) is 13.4 Å². The number of nitrogens with one attached hydrogen (secondary N) is 1.